The molecule has 0 bridgehead atoms. The van der Waals surface area contributed by atoms with Crippen LogP contribution in [0, 0.1) is 20.8 Å². The van der Waals surface area contributed by atoms with Gasteiger partial charge in [-0.1, -0.05) is 170 Å². The van der Waals surface area contributed by atoms with Gasteiger partial charge in [0.15, 0.2) is 59.0 Å². The Balaban J connectivity index is 0.000000104. The van der Waals surface area contributed by atoms with E-state index in [4.69, 9.17) is 22.1 Å². The third-order valence-electron chi connectivity index (χ3n) is 28.1. The number of para-hydroxylation sites is 1. The maximum absolute atomic E-state index is 6.41. The molecule has 14 aromatic heterocycles. The monoisotopic (exact) mass is 1840 g/mol. The van der Waals surface area contributed by atoms with E-state index < -0.39 is 0 Å². The molecule has 0 saturated carbocycles. The zero-order valence-corrected chi connectivity index (χ0v) is 82.3. The van der Waals surface area contributed by atoms with Gasteiger partial charge < -0.3 is 46.1 Å². The number of fused-ring (bicyclic) bond motifs is 15. The second-order valence-electron chi connectivity index (χ2n) is 37.6. The molecular formula is C117H108B5N14O5+5. The van der Waals surface area contributed by atoms with Crippen molar-refractivity contribution in [2.24, 2.45) is 35.2 Å². The quantitative estimate of drug-likeness (QED) is 0.0942. The van der Waals surface area contributed by atoms with Gasteiger partial charge >= 0.3 is 34.2 Å². The summed E-state index contributed by atoms with van der Waals surface area (Å²) in [5, 5.41) is 5.46. The van der Waals surface area contributed by atoms with Crippen LogP contribution < -0.4 is 79.1 Å². The first-order chi connectivity index (χ1) is 68.6. The Morgan fingerprint density at radius 2 is 0.560 bits per heavy atom. The molecule has 5 aliphatic rings. The molecule has 0 unspecified atom stereocenters. The van der Waals surface area contributed by atoms with Crippen LogP contribution in [0.5, 0.6) is 0 Å². The van der Waals surface area contributed by atoms with Gasteiger partial charge in [0.05, 0.1) is 0 Å². The van der Waals surface area contributed by atoms with E-state index in [0.717, 1.165) is 77.7 Å². The lowest BCUT2D eigenvalue weighted by Gasteiger charge is -2.26. The standard InChI is InChI=1S/C25H24BN2O.C24H23BN3O.2C23H21BN3O.C22H19BN3O/c1-17-14-23(27(3)16-21(17)19-10-6-5-7-11-19)26-25-24(18(2)15-28(26)4)20-12-8-9-13-22(20)29-25;1-16-14-27(3)21(13-20(16)18-9-6-5-7-10-18)25-23-22(17(2)15-28(25)4)19-11-8-12-26-24(19)29-23;1-16-15-26(2)21(14-20(16)17-8-5-4-6-9-17)24-22-18(11-13-27(24)3)19-10-7-12-25-23(19)28-22;1-16-15-27(3)24(22-21(16)19-10-7-12-25-23(19)28-22)20-14-18(11-13-26(20)2)17-8-5-4-6-9-17;1-25-13-10-17(16-7-4-3-5-8-16)15-20(25)23-21-18(11-14-26(23)2)19-9-6-12-24-22(19)27-21/h5-16H,1-4H3;5-15H,1-4H3;2*4-15H,1-3H3;3-15H,1-2H3/q5*+1. The average molecular weight is 1840 g/mol. The molecule has 19 heterocycles. The highest BCUT2D eigenvalue weighted by Gasteiger charge is 2.47. The molecule has 25 rings (SSSR count). The van der Waals surface area contributed by atoms with Crippen molar-refractivity contribution < 1.29 is 44.9 Å². The van der Waals surface area contributed by atoms with E-state index in [1.165, 1.54) is 128 Å². The number of hydrogen-bond acceptors (Lipinski definition) is 14. The molecule has 6 aromatic carbocycles. The molecule has 0 atom stereocenters. The second kappa shape index (κ2) is 38.1. The normalized spacial score (nSPS) is 13.5. The maximum Gasteiger partial charge on any atom is 0.443 e. The largest absolute Gasteiger partial charge is 0.467 e. The molecule has 0 radical (unpaired) electrons. The Labute approximate surface area is 824 Å². The lowest BCUT2D eigenvalue weighted by molar-refractivity contribution is -0.654. The summed E-state index contributed by atoms with van der Waals surface area (Å²) in [6.45, 7) is 12.9. The minimum atomic E-state index is -0.0176. The van der Waals surface area contributed by atoms with Crippen molar-refractivity contribution in [3.63, 3.8) is 0 Å². The topological polar surface area (TPSA) is 153 Å². The summed E-state index contributed by atoms with van der Waals surface area (Å²) in [6.07, 6.45) is 33.1. The molecule has 5 aliphatic heterocycles. The molecule has 686 valence electrons. The Kier molecular flexibility index (Phi) is 24.5. The third-order valence-corrected chi connectivity index (χ3v) is 28.1. The maximum atomic E-state index is 6.41. The summed E-state index contributed by atoms with van der Waals surface area (Å²) in [5.74, 6) is 0. The van der Waals surface area contributed by atoms with E-state index in [2.05, 4.69) is 477 Å². The van der Waals surface area contributed by atoms with Crippen molar-refractivity contribution in [2.75, 3.05) is 35.2 Å². The summed E-state index contributed by atoms with van der Waals surface area (Å²) in [4.78, 5) is 28.8. The van der Waals surface area contributed by atoms with Crippen LogP contribution >= 0.6 is 0 Å². The molecule has 20 aromatic rings. The van der Waals surface area contributed by atoms with E-state index in [-0.39, 0.29) is 34.2 Å². The Hall–Kier alpha value is -16.6. The Morgan fingerprint density at radius 3 is 0.965 bits per heavy atom. The number of furan rings is 5. The number of benzene rings is 6. The zero-order chi connectivity index (χ0) is 97.1. The second-order valence-corrected chi connectivity index (χ2v) is 37.6. The van der Waals surface area contributed by atoms with Crippen LogP contribution in [-0.2, 0) is 35.2 Å². The number of allylic oxidation sites excluding steroid dienone is 3. The molecule has 0 N–H and O–H groups in total. The van der Waals surface area contributed by atoms with Crippen LogP contribution in [0.3, 0.4) is 0 Å². The molecular weight excluding hydrogens is 1740 g/mol. The highest BCUT2D eigenvalue weighted by molar-refractivity contribution is 6.84. The van der Waals surface area contributed by atoms with Crippen molar-refractivity contribution in [2.45, 2.75) is 41.5 Å². The van der Waals surface area contributed by atoms with Crippen LogP contribution in [0.15, 0.2) is 376 Å². The zero-order valence-electron chi connectivity index (χ0n) is 82.3. The fourth-order valence-electron chi connectivity index (χ4n) is 21.3. The first-order valence-corrected chi connectivity index (χ1v) is 47.9. The molecule has 24 heteroatoms. The van der Waals surface area contributed by atoms with Crippen molar-refractivity contribution >= 4 is 175 Å². The van der Waals surface area contributed by atoms with Crippen molar-refractivity contribution in [1.29, 1.82) is 0 Å². The SMILES string of the molecule is CC1=CN(C)B(c2cc(-c3ccccc3)c(C)c[n+]2C)c2oc3ncccc3c21.CC1=CN(C)B(c2cc(-c3ccccc3)cc[n+]2C)c2oc3ncccc3c21.CC1=CN(C)B(c2cc(C)c(-c3ccccc3)c[n+]2C)c2oc3ccccc3c21.CN1C=Cc2c(oc3ncccc23)B1c1cc(-c2ccccc2)cc[n+]1C.Cc1c[n+](C)c(B2c3oc4ncccc4c3C=CN2C)cc1-c1ccccc1. The van der Waals surface area contributed by atoms with Gasteiger partial charge in [-0.3, -0.25) is 0 Å². The molecule has 141 heavy (non-hydrogen) atoms. The first kappa shape index (κ1) is 90.8. The van der Waals surface area contributed by atoms with Gasteiger partial charge in [-0.25, -0.2) is 42.8 Å². The summed E-state index contributed by atoms with van der Waals surface area (Å²) in [6, 6.07) is 92.8. The summed E-state index contributed by atoms with van der Waals surface area (Å²) < 4.78 is 42.5. The van der Waals surface area contributed by atoms with Crippen LogP contribution in [0.2, 0.25) is 0 Å². The van der Waals surface area contributed by atoms with Gasteiger partial charge in [-0.05, 0) is 247 Å². The average Bonchev–Trinajstić information content (AvgIpc) is 1.52. The van der Waals surface area contributed by atoms with Crippen LogP contribution in [0.4, 0.5) is 0 Å². The van der Waals surface area contributed by atoms with Gasteiger partial charge in [-0.2, -0.15) is 0 Å². The first-order valence-electron chi connectivity index (χ1n) is 47.9. The lowest BCUT2D eigenvalue weighted by atomic mass is 9.51. The predicted octanol–water partition coefficient (Wildman–Crippen LogP) is 14.4. The van der Waals surface area contributed by atoms with E-state index in [1.54, 1.807) is 24.8 Å². The van der Waals surface area contributed by atoms with E-state index >= 15 is 0 Å². The Morgan fingerprint density at radius 1 is 0.255 bits per heavy atom. The fourth-order valence-corrected chi connectivity index (χ4v) is 21.3. The lowest BCUT2D eigenvalue weighted by Crippen LogP contribution is -2.65. The van der Waals surface area contributed by atoms with Gasteiger partial charge in [0.1, 0.15) is 69.1 Å². The highest BCUT2D eigenvalue weighted by Crippen LogP contribution is 2.36. The highest BCUT2D eigenvalue weighted by atomic mass is 16.4. The summed E-state index contributed by atoms with van der Waals surface area (Å²) >= 11 is 0. The van der Waals surface area contributed by atoms with Crippen molar-refractivity contribution in [3.8, 4) is 55.6 Å². The number of aryl methyl sites for hydroxylation is 8. The molecule has 0 fully saturated rings. The van der Waals surface area contributed by atoms with Crippen LogP contribution in [0.1, 0.15) is 65.3 Å². The predicted molar refractivity (Wildman–Crippen MR) is 575 cm³/mol. The van der Waals surface area contributed by atoms with Crippen molar-refractivity contribution in [3.05, 3.63) is 398 Å². The van der Waals surface area contributed by atoms with Crippen LogP contribution in [-0.4, -0.2) is 113 Å². The van der Waals surface area contributed by atoms with E-state index in [9.17, 15) is 0 Å². The number of pyridine rings is 9. The molecule has 0 saturated heterocycles. The number of aromatic nitrogens is 9. The smallest absolute Gasteiger partial charge is 0.443 e. The van der Waals surface area contributed by atoms with E-state index in [1.807, 2.05) is 42.5 Å². The minimum absolute atomic E-state index is 0.00661. The third kappa shape index (κ3) is 17.1. The van der Waals surface area contributed by atoms with Crippen LogP contribution in [0.25, 0.3) is 140 Å². The van der Waals surface area contributed by atoms with Gasteiger partial charge in [0, 0.05) is 139 Å². The van der Waals surface area contributed by atoms with Gasteiger partial charge in [-0.15, -0.1) is 0 Å². The van der Waals surface area contributed by atoms with Gasteiger partial charge in [0.25, 0.3) is 0 Å². The van der Waals surface area contributed by atoms with Crippen molar-refractivity contribution in [1.82, 2.24) is 44.0 Å². The summed E-state index contributed by atoms with van der Waals surface area (Å²) in [5.41, 5.74) is 39.9. The minimum Gasteiger partial charge on any atom is -0.467 e. The molecule has 19 nitrogen and oxygen atoms in total. The molecule has 0 spiro atoms. The van der Waals surface area contributed by atoms with E-state index in [0.29, 0.717) is 22.9 Å². The number of rotatable bonds is 10. The Bertz CT molecular complexity index is 8370. The molecule has 0 amide bonds. The number of nitrogens with zero attached hydrogens (tertiary/aromatic N) is 14. The summed E-state index contributed by atoms with van der Waals surface area (Å²) in [7, 11) is 21.0. The fraction of sp³-hybridized carbons (Fsp3) is 0.137. The number of hydrogen-bond donors (Lipinski definition) is 0. The molecule has 0 aliphatic carbocycles. The van der Waals surface area contributed by atoms with Gasteiger partial charge in [0.2, 0.25) is 22.9 Å².